The molecule has 1 aromatic carbocycles. The second-order valence-electron chi connectivity index (χ2n) is 3.64. The molecular formula is C11H11BrO. The van der Waals surface area contributed by atoms with Crippen LogP contribution < -0.4 is 0 Å². The van der Waals surface area contributed by atoms with E-state index in [1.807, 2.05) is 6.92 Å². The van der Waals surface area contributed by atoms with Gasteiger partial charge in [0.05, 0.1) is 0 Å². The summed E-state index contributed by atoms with van der Waals surface area (Å²) >= 11 is 3.56. The van der Waals surface area contributed by atoms with Gasteiger partial charge in [-0.2, -0.15) is 0 Å². The molecule has 0 aliphatic heterocycles. The predicted octanol–water partition coefficient (Wildman–Crippen LogP) is 3.11. The monoisotopic (exact) mass is 238 g/mol. The lowest BCUT2D eigenvalue weighted by Crippen LogP contribution is -2.23. The predicted molar refractivity (Wildman–Crippen MR) is 56.4 cm³/mol. The quantitative estimate of drug-likeness (QED) is 0.679. The van der Waals surface area contributed by atoms with Crippen LogP contribution in [-0.4, -0.2) is 5.78 Å². The van der Waals surface area contributed by atoms with E-state index in [1.54, 1.807) is 0 Å². The average Bonchev–Trinajstić information content (AvgIpc) is 2.08. The van der Waals surface area contributed by atoms with Crippen molar-refractivity contribution >= 4 is 21.7 Å². The number of Topliss-reactive ketones (excluding diaryl/α,β-unsaturated/α-hetero) is 1. The van der Waals surface area contributed by atoms with Crippen LogP contribution in [0.2, 0.25) is 0 Å². The lowest BCUT2D eigenvalue weighted by Gasteiger charge is -2.25. The van der Waals surface area contributed by atoms with Gasteiger partial charge >= 0.3 is 0 Å². The van der Waals surface area contributed by atoms with Crippen molar-refractivity contribution in [2.45, 2.75) is 27.2 Å². The fourth-order valence-corrected chi connectivity index (χ4v) is 2.46. The van der Waals surface area contributed by atoms with Crippen molar-refractivity contribution in [2.75, 3.05) is 0 Å². The highest BCUT2D eigenvalue weighted by Crippen LogP contribution is 2.36. The fraction of sp³-hybridized carbons (Fsp3) is 0.364. The van der Waals surface area contributed by atoms with E-state index < -0.39 is 0 Å². The lowest BCUT2D eigenvalue weighted by atomic mass is 9.79. The minimum Gasteiger partial charge on any atom is -0.294 e. The largest absolute Gasteiger partial charge is 0.294 e. The van der Waals surface area contributed by atoms with E-state index in [1.165, 1.54) is 16.7 Å². The highest BCUT2D eigenvalue weighted by Gasteiger charge is 2.29. The number of rotatable bonds is 0. The van der Waals surface area contributed by atoms with Gasteiger partial charge in [-0.15, -0.1) is 0 Å². The number of halogens is 1. The van der Waals surface area contributed by atoms with E-state index in [0.29, 0.717) is 12.2 Å². The number of benzene rings is 1. The standard InChI is InChI=1S/C11H11BrO/c1-5-6(2)11(12)7(3)8-4-9(13)10(5)8/h4H2,1-3H3. The van der Waals surface area contributed by atoms with Crippen molar-refractivity contribution in [3.63, 3.8) is 0 Å². The number of fused-ring (bicyclic) bond motifs is 1. The third-order valence-corrected chi connectivity index (χ3v) is 4.16. The van der Waals surface area contributed by atoms with E-state index in [9.17, 15) is 4.79 Å². The molecule has 1 aliphatic carbocycles. The normalized spacial score (nSPS) is 14.0. The molecule has 1 aromatic rings. The van der Waals surface area contributed by atoms with Gasteiger partial charge in [0.1, 0.15) is 0 Å². The zero-order chi connectivity index (χ0) is 9.75. The Morgan fingerprint density at radius 3 is 2.23 bits per heavy atom. The molecule has 0 fully saturated rings. The summed E-state index contributed by atoms with van der Waals surface area (Å²) in [4.78, 5) is 11.3. The molecule has 13 heavy (non-hydrogen) atoms. The maximum atomic E-state index is 11.3. The molecule has 0 amide bonds. The summed E-state index contributed by atoms with van der Waals surface area (Å²) in [5, 5.41) is 0. The van der Waals surface area contributed by atoms with Gasteiger partial charge in [0.2, 0.25) is 0 Å². The molecule has 0 aromatic heterocycles. The maximum absolute atomic E-state index is 11.3. The van der Waals surface area contributed by atoms with E-state index in [2.05, 4.69) is 29.8 Å². The first-order valence-electron chi connectivity index (χ1n) is 4.35. The molecule has 1 nitrogen and oxygen atoms in total. The van der Waals surface area contributed by atoms with Crippen LogP contribution in [0.1, 0.15) is 32.6 Å². The highest BCUT2D eigenvalue weighted by atomic mass is 79.9. The zero-order valence-corrected chi connectivity index (χ0v) is 9.58. The molecule has 0 saturated heterocycles. The third-order valence-electron chi connectivity index (χ3n) is 2.97. The van der Waals surface area contributed by atoms with E-state index >= 15 is 0 Å². The molecule has 2 rings (SSSR count). The molecule has 2 heteroatoms. The first-order chi connectivity index (χ1) is 6.04. The number of ketones is 1. The van der Waals surface area contributed by atoms with Gasteiger partial charge in [-0.1, -0.05) is 15.9 Å². The van der Waals surface area contributed by atoms with Gasteiger partial charge in [-0.05, 0) is 43.0 Å². The second kappa shape index (κ2) is 2.68. The zero-order valence-electron chi connectivity index (χ0n) is 7.99. The fourth-order valence-electron chi connectivity index (χ4n) is 1.92. The average molecular weight is 239 g/mol. The molecule has 68 valence electrons. The SMILES string of the molecule is Cc1c(C)c2c(c(C)c1Br)CC2=O. The van der Waals surface area contributed by atoms with Gasteiger partial charge in [-0.3, -0.25) is 4.79 Å². The number of hydrogen-bond acceptors (Lipinski definition) is 1. The van der Waals surface area contributed by atoms with E-state index in [-0.39, 0.29) is 0 Å². The van der Waals surface area contributed by atoms with Crippen molar-refractivity contribution in [2.24, 2.45) is 0 Å². The van der Waals surface area contributed by atoms with Crippen LogP contribution in [-0.2, 0) is 6.42 Å². The van der Waals surface area contributed by atoms with Crippen LogP contribution in [0.4, 0.5) is 0 Å². The van der Waals surface area contributed by atoms with Gasteiger partial charge in [0, 0.05) is 16.5 Å². The van der Waals surface area contributed by atoms with Crippen LogP contribution in [0.15, 0.2) is 4.47 Å². The van der Waals surface area contributed by atoms with Crippen LogP contribution in [0.3, 0.4) is 0 Å². The molecule has 0 spiro atoms. The Hall–Kier alpha value is -0.630. The first kappa shape index (κ1) is 8.95. The van der Waals surface area contributed by atoms with Crippen molar-refractivity contribution in [3.05, 3.63) is 32.3 Å². The topological polar surface area (TPSA) is 17.1 Å². The van der Waals surface area contributed by atoms with E-state index in [4.69, 9.17) is 0 Å². The van der Waals surface area contributed by atoms with Crippen molar-refractivity contribution in [3.8, 4) is 0 Å². The highest BCUT2D eigenvalue weighted by molar-refractivity contribution is 9.10. The molecular weight excluding hydrogens is 228 g/mol. The van der Waals surface area contributed by atoms with Crippen LogP contribution in [0.5, 0.6) is 0 Å². The smallest absolute Gasteiger partial charge is 0.167 e. The summed E-state index contributed by atoms with van der Waals surface area (Å²) in [7, 11) is 0. The Balaban J connectivity index is 2.82. The van der Waals surface area contributed by atoms with Gasteiger partial charge < -0.3 is 0 Å². The molecule has 0 N–H and O–H groups in total. The van der Waals surface area contributed by atoms with E-state index in [0.717, 1.165) is 15.6 Å². The number of hydrogen-bond donors (Lipinski definition) is 0. The third kappa shape index (κ3) is 1.01. The molecule has 0 radical (unpaired) electrons. The summed E-state index contributed by atoms with van der Waals surface area (Å²) in [6.07, 6.45) is 0.626. The molecule has 0 saturated carbocycles. The van der Waals surface area contributed by atoms with Crippen molar-refractivity contribution < 1.29 is 4.79 Å². The summed E-state index contributed by atoms with van der Waals surface area (Å²) in [6.45, 7) is 6.15. The molecule has 0 atom stereocenters. The number of carbonyl (C=O) groups is 1. The maximum Gasteiger partial charge on any atom is 0.167 e. The van der Waals surface area contributed by atoms with Crippen molar-refractivity contribution in [1.82, 2.24) is 0 Å². The van der Waals surface area contributed by atoms with Crippen LogP contribution in [0, 0.1) is 20.8 Å². The molecule has 0 unspecified atom stereocenters. The summed E-state index contributed by atoms with van der Waals surface area (Å²) < 4.78 is 1.16. The Labute approximate surface area is 86.3 Å². The second-order valence-corrected chi connectivity index (χ2v) is 4.44. The molecule has 1 aliphatic rings. The van der Waals surface area contributed by atoms with Gasteiger partial charge in [-0.25, -0.2) is 0 Å². The number of carbonyl (C=O) groups excluding carboxylic acids is 1. The Morgan fingerprint density at radius 2 is 1.69 bits per heavy atom. The van der Waals surface area contributed by atoms with Gasteiger partial charge in [0.25, 0.3) is 0 Å². The van der Waals surface area contributed by atoms with Gasteiger partial charge in [0.15, 0.2) is 5.78 Å². The summed E-state index contributed by atoms with van der Waals surface area (Å²) in [6, 6.07) is 0. The Morgan fingerprint density at radius 1 is 1.08 bits per heavy atom. The first-order valence-corrected chi connectivity index (χ1v) is 5.14. The minimum absolute atomic E-state index is 0.297. The molecule has 0 heterocycles. The molecule has 0 bridgehead atoms. The summed E-state index contributed by atoms with van der Waals surface area (Å²) in [5.74, 6) is 0.297. The Kier molecular flexibility index (Phi) is 1.84. The van der Waals surface area contributed by atoms with Crippen molar-refractivity contribution in [1.29, 1.82) is 0 Å². The lowest BCUT2D eigenvalue weighted by molar-refractivity contribution is 0.0966. The summed E-state index contributed by atoms with van der Waals surface area (Å²) in [5.41, 5.74) is 5.78. The minimum atomic E-state index is 0.297. The van der Waals surface area contributed by atoms with Crippen LogP contribution in [0.25, 0.3) is 0 Å². The Bertz CT molecular complexity index is 396. The van der Waals surface area contributed by atoms with Crippen LogP contribution >= 0.6 is 15.9 Å².